The van der Waals surface area contributed by atoms with E-state index in [1.165, 1.54) is 6.07 Å². The lowest BCUT2D eigenvalue weighted by molar-refractivity contribution is 0.385. The van der Waals surface area contributed by atoms with Crippen molar-refractivity contribution in [1.82, 2.24) is 20.6 Å². The molecule has 8 heteroatoms. The largest absolute Gasteiger partial charge is 0.362 e. The van der Waals surface area contributed by atoms with Crippen LogP contribution in [-0.2, 0) is 6.54 Å². The number of hydrogen-bond donors (Lipinski definition) is 3. The summed E-state index contributed by atoms with van der Waals surface area (Å²) in [5.41, 5.74) is 1.55. The predicted octanol–water partition coefficient (Wildman–Crippen LogP) is 4.22. The summed E-state index contributed by atoms with van der Waals surface area (Å²) in [4.78, 5) is 11.5. The Balaban J connectivity index is 1.29. The summed E-state index contributed by atoms with van der Waals surface area (Å²) >= 11 is 5.41. The van der Waals surface area contributed by atoms with Crippen molar-refractivity contribution >= 4 is 40.0 Å². The number of fused-ring (bicyclic) bond motifs is 1. The third-order valence-corrected chi connectivity index (χ3v) is 6.06. The molecule has 0 unspecified atom stereocenters. The number of anilines is 2. The van der Waals surface area contributed by atoms with Crippen molar-refractivity contribution in [3.05, 3.63) is 59.9 Å². The van der Waals surface area contributed by atoms with Crippen molar-refractivity contribution in [2.75, 3.05) is 24.3 Å². The average molecular weight is 453 g/mol. The minimum Gasteiger partial charge on any atom is -0.362 e. The topological polar surface area (TPSA) is 65.1 Å². The molecule has 0 bridgehead atoms. The molecule has 0 saturated heterocycles. The minimum atomic E-state index is -0.220. The van der Waals surface area contributed by atoms with Crippen molar-refractivity contribution in [3.63, 3.8) is 0 Å². The van der Waals surface area contributed by atoms with Gasteiger partial charge < -0.3 is 20.9 Å². The molecule has 1 aliphatic rings. The van der Waals surface area contributed by atoms with Crippen LogP contribution in [0.1, 0.15) is 31.2 Å². The second-order valence-electron chi connectivity index (χ2n) is 8.39. The molecule has 0 amide bonds. The normalized spacial score (nSPS) is 18.2. The van der Waals surface area contributed by atoms with Crippen molar-refractivity contribution in [2.45, 2.75) is 44.3 Å². The Morgan fingerprint density at radius 1 is 1.00 bits per heavy atom. The lowest BCUT2D eigenvalue weighted by Gasteiger charge is -2.30. The van der Waals surface area contributed by atoms with Gasteiger partial charge in [0.25, 0.3) is 0 Å². The van der Waals surface area contributed by atoms with Gasteiger partial charge in [0.15, 0.2) is 5.11 Å². The van der Waals surface area contributed by atoms with Gasteiger partial charge in [-0.1, -0.05) is 30.3 Å². The molecule has 0 atom stereocenters. The molecule has 1 heterocycles. The fraction of sp³-hybridized carbons (Fsp3) is 0.375. The molecule has 4 rings (SSSR count). The summed E-state index contributed by atoms with van der Waals surface area (Å²) in [7, 11) is 4.00. The highest BCUT2D eigenvalue weighted by atomic mass is 32.1. The Bertz CT molecular complexity index is 1080. The van der Waals surface area contributed by atoms with E-state index in [2.05, 4.69) is 22.0 Å². The zero-order chi connectivity index (χ0) is 22.5. The number of thiocarbonyl (C=S) groups is 1. The first-order valence-corrected chi connectivity index (χ1v) is 11.4. The quantitative estimate of drug-likeness (QED) is 0.484. The molecule has 6 nitrogen and oxygen atoms in total. The van der Waals surface area contributed by atoms with Gasteiger partial charge in [-0.3, -0.25) is 0 Å². The maximum absolute atomic E-state index is 13.8. The van der Waals surface area contributed by atoms with Gasteiger partial charge in [-0.15, -0.1) is 0 Å². The zero-order valence-electron chi connectivity index (χ0n) is 18.4. The number of aromatic nitrogens is 2. The van der Waals surface area contributed by atoms with Crippen molar-refractivity contribution in [1.29, 1.82) is 0 Å². The molecule has 0 aliphatic heterocycles. The number of nitrogens with one attached hydrogen (secondary N) is 3. The average Bonchev–Trinajstić information content (AvgIpc) is 2.79. The maximum Gasteiger partial charge on any atom is 0.225 e. The first kappa shape index (κ1) is 22.2. The fourth-order valence-corrected chi connectivity index (χ4v) is 4.32. The van der Waals surface area contributed by atoms with Gasteiger partial charge >= 0.3 is 0 Å². The van der Waals surface area contributed by atoms with Gasteiger partial charge in [-0.25, -0.2) is 9.37 Å². The monoisotopic (exact) mass is 452 g/mol. The van der Waals surface area contributed by atoms with Gasteiger partial charge in [0.2, 0.25) is 5.95 Å². The van der Waals surface area contributed by atoms with E-state index in [0.29, 0.717) is 35.3 Å². The van der Waals surface area contributed by atoms with Crippen LogP contribution in [0.5, 0.6) is 0 Å². The second-order valence-corrected chi connectivity index (χ2v) is 8.80. The van der Waals surface area contributed by atoms with E-state index >= 15 is 0 Å². The number of benzene rings is 2. The van der Waals surface area contributed by atoms with Gasteiger partial charge in [-0.05, 0) is 56.1 Å². The van der Waals surface area contributed by atoms with Crippen LogP contribution in [0.2, 0.25) is 0 Å². The molecule has 3 N–H and O–H groups in total. The highest BCUT2D eigenvalue weighted by Gasteiger charge is 2.22. The van der Waals surface area contributed by atoms with Crippen LogP contribution in [0.25, 0.3) is 10.9 Å². The Labute approximate surface area is 193 Å². The van der Waals surface area contributed by atoms with E-state index in [4.69, 9.17) is 22.2 Å². The number of rotatable bonds is 6. The van der Waals surface area contributed by atoms with Crippen molar-refractivity contribution < 1.29 is 4.39 Å². The summed E-state index contributed by atoms with van der Waals surface area (Å²) in [6.45, 7) is 0.378. The number of hydrogen-bond acceptors (Lipinski definition) is 5. The molecule has 0 spiro atoms. The summed E-state index contributed by atoms with van der Waals surface area (Å²) < 4.78 is 13.8. The summed E-state index contributed by atoms with van der Waals surface area (Å²) in [6, 6.07) is 15.4. The van der Waals surface area contributed by atoms with E-state index in [0.717, 1.165) is 42.4 Å². The van der Waals surface area contributed by atoms with Crippen LogP contribution in [0.3, 0.4) is 0 Å². The summed E-state index contributed by atoms with van der Waals surface area (Å²) in [5, 5.41) is 11.6. The van der Waals surface area contributed by atoms with E-state index < -0.39 is 0 Å². The first-order chi connectivity index (χ1) is 15.5. The molecule has 1 aliphatic carbocycles. The molecule has 2 aromatic carbocycles. The Morgan fingerprint density at radius 3 is 2.44 bits per heavy atom. The number of para-hydroxylation sites is 1. The number of halogens is 1. The highest BCUT2D eigenvalue weighted by molar-refractivity contribution is 7.80. The van der Waals surface area contributed by atoms with Crippen LogP contribution >= 0.6 is 12.2 Å². The summed E-state index contributed by atoms with van der Waals surface area (Å²) in [5.74, 6) is 1.37. The predicted molar refractivity (Wildman–Crippen MR) is 133 cm³/mol. The molecule has 1 fully saturated rings. The van der Waals surface area contributed by atoms with E-state index in [1.54, 1.807) is 12.1 Å². The third-order valence-electron chi connectivity index (χ3n) is 5.80. The second kappa shape index (κ2) is 10.1. The smallest absolute Gasteiger partial charge is 0.225 e. The van der Waals surface area contributed by atoms with Gasteiger partial charge in [0.05, 0.1) is 5.52 Å². The molecule has 1 saturated carbocycles. The molecular weight excluding hydrogens is 423 g/mol. The SMILES string of the molecule is CN(C)c1nc(N[C@H]2CC[C@@H](NC(=S)NCc3ccccc3F)CC2)nc2ccccc12. The van der Waals surface area contributed by atoms with Crippen LogP contribution in [0, 0.1) is 5.82 Å². The summed E-state index contributed by atoms with van der Waals surface area (Å²) in [6.07, 6.45) is 3.99. The lowest BCUT2D eigenvalue weighted by Crippen LogP contribution is -2.44. The Morgan fingerprint density at radius 2 is 1.69 bits per heavy atom. The lowest BCUT2D eigenvalue weighted by atomic mass is 9.91. The van der Waals surface area contributed by atoms with E-state index in [9.17, 15) is 4.39 Å². The zero-order valence-corrected chi connectivity index (χ0v) is 19.3. The van der Waals surface area contributed by atoms with Crippen molar-refractivity contribution in [3.8, 4) is 0 Å². The van der Waals surface area contributed by atoms with Crippen LogP contribution in [0.4, 0.5) is 16.2 Å². The van der Waals surface area contributed by atoms with Crippen LogP contribution < -0.4 is 20.9 Å². The van der Waals surface area contributed by atoms with Crippen molar-refractivity contribution in [2.24, 2.45) is 0 Å². The van der Waals surface area contributed by atoms with Gasteiger partial charge in [-0.2, -0.15) is 4.98 Å². The molecule has 3 aromatic rings. The van der Waals surface area contributed by atoms with E-state index in [-0.39, 0.29) is 5.82 Å². The fourth-order valence-electron chi connectivity index (χ4n) is 4.08. The molecule has 32 heavy (non-hydrogen) atoms. The number of nitrogens with zero attached hydrogens (tertiary/aromatic N) is 3. The Kier molecular flexibility index (Phi) is 6.99. The third kappa shape index (κ3) is 5.43. The minimum absolute atomic E-state index is 0.220. The van der Waals surface area contributed by atoms with Gasteiger partial charge in [0.1, 0.15) is 11.6 Å². The maximum atomic E-state index is 13.8. The van der Waals surface area contributed by atoms with E-state index in [1.807, 2.05) is 43.3 Å². The Hall–Kier alpha value is -3.00. The standard InChI is InChI=1S/C24H29FN6S/c1-31(2)22-19-8-4-6-10-21(19)29-23(30-22)27-17-11-13-18(14-12-17)28-24(32)26-15-16-7-3-5-9-20(16)25/h3-10,17-18H,11-15H2,1-2H3,(H2,26,28,32)(H,27,29,30)/t17-,18+. The first-order valence-electron chi connectivity index (χ1n) is 11.0. The molecule has 0 radical (unpaired) electrons. The van der Waals surface area contributed by atoms with Crippen LogP contribution in [0.15, 0.2) is 48.5 Å². The van der Waals surface area contributed by atoms with Gasteiger partial charge in [0, 0.05) is 43.7 Å². The highest BCUT2D eigenvalue weighted by Crippen LogP contribution is 2.26. The van der Waals surface area contributed by atoms with Crippen LogP contribution in [-0.4, -0.2) is 41.3 Å². The molecule has 1 aromatic heterocycles. The molecule has 168 valence electrons. The molecular formula is C24H29FN6S.